The molecule has 0 spiro atoms. The monoisotopic (exact) mass is 237 g/mol. The number of fused-ring (bicyclic) bond motifs is 1. The maximum Gasteiger partial charge on any atom is 0.105 e. The van der Waals surface area contributed by atoms with E-state index in [0.717, 1.165) is 16.5 Å². The van der Waals surface area contributed by atoms with E-state index in [4.69, 9.17) is 0 Å². The van der Waals surface area contributed by atoms with Crippen molar-refractivity contribution in [2.24, 2.45) is 0 Å². The number of hydrogen-bond donors (Lipinski definition) is 4. The lowest BCUT2D eigenvalue weighted by molar-refractivity contribution is 0.0173. The minimum atomic E-state index is -0.841. The standard InChI is InChI=1S/C12H15NO2S/c14-11(4-6-16)12(15)9-1-2-10-8(7-9)3-5-13-10/h1-3,5,7,11-16H,4,6H2. The third-order valence-corrected chi connectivity index (χ3v) is 2.97. The van der Waals surface area contributed by atoms with Crippen LogP contribution in [0.5, 0.6) is 0 Å². The molecule has 0 saturated heterocycles. The highest BCUT2D eigenvalue weighted by atomic mass is 32.1. The van der Waals surface area contributed by atoms with Gasteiger partial charge in [-0.05, 0) is 41.3 Å². The topological polar surface area (TPSA) is 56.2 Å². The van der Waals surface area contributed by atoms with Crippen molar-refractivity contribution < 1.29 is 10.2 Å². The van der Waals surface area contributed by atoms with Crippen molar-refractivity contribution in [1.29, 1.82) is 0 Å². The Balaban J connectivity index is 2.24. The largest absolute Gasteiger partial charge is 0.390 e. The first-order valence-corrected chi connectivity index (χ1v) is 5.89. The van der Waals surface area contributed by atoms with E-state index in [-0.39, 0.29) is 0 Å². The van der Waals surface area contributed by atoms with Crippen molar-refractivity contribution in [2.75, 3.05) is 5.75 Å². The molecule has 0 aliphatic carbocycles. The first kappa shape index (κ1) is 11.5. The molecular formula is C12H15NO2S. The lowest BCUT2D eigenvalue weighted by atomic mass is 10.0. The van der Waals surface area contributed by atoms with Crippen LogP contribution < -0.4 is 0 Å². The van der Waals surface area contributed by atoms with E-state index in [1.54, 1.807) is 0 Å². The molecule has 1 aromatic heterocycles. The second-order valence-corrected chi connectivity index (χ2v) is 4.30. The highest BCUT2D eigenvalue weighted by molar-refractivity contribution is 7.80. The Labute approximate surface area is 99.5 Å². The molecule has 1 aromatic carbocycles. The Hall–Kier alpha value is -0.970. The highest BCUT2D eigenvalue weighted by Crippen LogP contribution is 2.23. The molecule has 86 valence electrons. The fourth-order valence-corrected chi connectivity index (χ4v) is 2.03. The summed E-state index contributed by atoms with van der Waals surface area (Å²) in [6.45, 7) is 0. The van der Waals surface area contributed by atoms with Crippen LogP contribution in [0.15, 0.2) is 30.5 Å². The molecule has 0 radical (unpaired) electrons. The third kappa shape index (κ3) is 2.24. The maximum atomic E-state index is 9.92. The number of hydrogen-bond acceptors (Lipinski definition) is 3. The molecule has 0 amide bonds. The predicted molar refractivity (Wildman–Crippen MR) is 67.7 cm³/mol. The number of aromatic nitrogens is 1. The SMILES string of the molecule is OC(CCS)C(O)c1ccc2[nH]ccc2c1. The Morgan fingerprint density at radius 2 is 2.06 bits per heavy atom. The maximum absolute atomic E-state index is 9.92. The Bertz CT molecular complexity index is 469. The number of benzene rings is 1. The van der Waals surface area contributed by atoms with E-state index in [0.29, 0.717) is 12.2 Å². The molecule has 0 fully saturated rings. The van der Waals surface area contributed by atoms with E-state index in [9.17, 15) is 10.2 Å². The van der Waals surface area contributed by atoms with Gasteiger partial charge in [-0.15, -0.1) is 0 Å². The minimum Gasteiger partial charge on any atom is -0.390 e. The quantitative estimate of drug-likeness (QED) is 0.614. The van der Waals surface area contributed by atoms with Crippen molar-refractivity contribution in [2.45, 2.75) is 18.6 Å². The summed E-state index contributed by atoms with van der Waals surface area (Å²) in [5.41, 5.74) is 1.76. The molecule has 0 aliphatic heterocycles. The summed E-state index contributed by atoms with van der Waals surface area (Å²) in [6.07, 6.45) is 0.737. The number of aromatic amines is 1. The van der Waals surface area contributed by atoms with Crippen LogP contribution >= 0.6 is 12.6 Å². The van der Waals surface area contributed by atoms with E-state index >= 15 is 0 Å². The summed E-state index contributed by atoms with van der Waals surface area (Å²) in [6, 6.07) is 7.56. The van der Waals surface area contributed by atoms with Gasteiger partial charge in [-0.3, -0.25) is 0 Å². The second-order valence-electron chi connectivity index (χ2n) is 3.85. The van der Waals surface area contributed by atoms with Crippen LogP contribution in [0.3, 0.4) is 0 Å². The normalized spacial score (nSPS) is 15.2. The van der Waals surface area contributed by atoms with E-state index in [1.165, 1.54) is 0 Å². The van der Waals surface area contributed by atoms with Crippen molar-refractivity contribution in [3.8, 4) is 0 Å². The van der Waals surface area contributed by atoms with Gasteiger partial charge in [-0.2, -0.15) is 12.6 Å². The van der Waals surface area contributed by atoms with Gasteiger partial charge in [0.1, 0.15) is 6.10 Å². The summed E-state index contributed by atoms with van der Waals surface area (Å²) >= 11 is 4.04. The summed E-state index contributed by atoms with van der Waals surface area (Å²) in [5.74, 6) is 0.560. The lowest BCUT2D eigenvalue weighted by Crippen LogP contribution is -2.18. The zero-order valence-electron chi connectivity index (χ0n) is 8.80. The summed E-state index contributed by atoms with van der Waals surface area (Å²) in [7, 11) is 0. The van der Waals surface area contributed by atoms with Crippen molar-refractivity contribution in [1.82, 2.24) is 4.98 Å². The number of aliphatic hydroxyl groups is 2. The van der Waals surface area contributed by atoms with Gasteiger partial charge in [-0.1, -0.05) is 6.07 Å². The van der Waals surface area contributed by atoms with Crippen molar-refractivity contribution in [3.63, 3.8) is 0 Å². The van der Waals surface area contributed by atoms with Gasteiger partial charge in [0.25, 0.3) is 0 Å². The summed E-state index contributed by atoms with van der Waals surface area (Å²) in [4.78, 5) is 3.08. The number of nitrogens with one attached hydrogen (secondary N) is 1. The van der Waals surface area contributed by atoms with Gasteiger partial charge in [0.2, 0.25) is 0 Å². The fraction of sp³-hybridized carbons (Fsp3) is 0.333. The Morgan fingerprint density at radius 1 is 1.25 bits per heavy atom. The Kier molecular flexibility index (Phi) is 3.53. The van der Waals surface area contributed by atoms with E-state index in [2.05, 4.69) is 17.6 Å². The molecule has 0 aliphatic rings. The van der Waals surface area contributed by atoms with Gasteiger partial charge in [0.05, 0.1) is 6.10 Å². The average molecular weight is 237 g/mol. The molecule has 0 bridgehead atoms. The van der Waals surface area contributed by atoms with Crippen molar-refractivity contribution >= 4 is 23.5 Å². The molecule has 4 heteroatoms. The van der Waals surface area contributed by atoms with Crippen LogP contribution in [0, 0.1) is 0 Å². The number of H-pyrrole nitrogens is 1. The molecule has 3 nitrogen and oxygen atoms in total. The molecule has 0 saturated carbocycles. The second kappa shape index (κ2) is 4.91. The fourth-order valence-electron chi connectivity index (χ4n) is 1.77. The molecular weight excluding hydrogens is 222 g/mol. The molecule has 2 unspecified atom stereocenters. The van der Waals surface area contributed by atoms with Crippen molar-refractivity contribution in [3.05, 3.63) is 36.0 Å². The van der Waals surface area contributed by atoms with E-state index < -0.39 is 12.2 Å². The van der Waals surface area contributed by atoms with Crippen LogP contribution in [-0.2, 0) is 0 Å². The molecule has 1 heterocycles. The van der Waals surface area contributed by atoms with Crippen LogP contribution in [0.25, 0.3) is 10.9 Å². The molecule has 16 heavy (non-hydrogen) atoms. The summed E-state index contributed by atoms with van der Waals surface area (Å²) < 4.78 is 0. The third-order valence-electron chi connectivity index (χ3n) is 2.71. The first-order chi connectivity index (χ1) is 7.72. The van der Waals surface area contributed by atoms with E-state index in [1.807, 2.05) is 30.5 Å². The Morgan fingerprint density at radius 3 is 2.81 bits per heavy atom. The molecule has 2 aromatic rings. The van der Waals surface area contributed by atoms with Gasteiger partial charge < -0.3 is 15.2 Å². The van der Waals surface area contributed by atoms with Crippen LogP contribution in [-0.4, -0.2) is 27.1 Å². The zero-order chi connectivity index (χ0) is 11.5. The zero-order valence-corrected chi connectivity index (χ0v) is 9.69. The molecule has 2 atom stereocenters. The molecule has 3 N–H and O–H groups in total. The summed E-state index contributed by atoms with van der Waals surface area (Å²) in [5, 5.41) is 20.6. The lowest BCUT2D eigenvalue weighted by Gasteiger charge is -2.17. The predicted octanol–water partition coefficient (Wildman–Crippen LogP) is 1.88. The number of aliphatic hydroxyl groups excluding tert-OH is 2. The number of thiol groups is 1. The first-order valence-electron chi connectivity index (χ1n) is 5.26. The van der Waals surface area contributed by atoms with Gasteiger partial charge in [0.15, 0.2) is 0 Å². The average Bonchev–Trinajstić information content (AvgIpc) is 2.75. The van der Waals surface area contributed by atoms with Crippen LogP contribution in [0.2, 0.25) is 0 Å². The highest BCUT2D eigenvalue weighted by Gasteiger charge is 2.17. The number of rotatable bonds is 4. The van der Waals surface area contributed by atoms with Gasteiger partial charge in [-0.25, -0.2) is 0 Å². The smallest absolute Gasteiger partial charge is 0.105 e. The van der Waals surface area contributed by atoms with Gasteiger partial charge >= 0.3 is 0 Å². The minimum absolute atomic E-state index is 0.482. The van der Waals surface area contributed by atoms with Gasteiger partial charge in [0, 0.05) is 11.7 Å². The van der Waals surface area contributed by atoms with Crippen LogP contribution in [0.4, 0.5) is 0 Å². The molecule has 2 rings (SSSR count). The van der Waals surface area contributed by atoms with Crippen LogP contribution in [0.1, 0.15) is 18.1 Å².